The number of nitrogens with zero attached hydrogens (tertiary/aromatic N) is 4. The number of benzene rings is 1. The molecule has 0 atom stereocenters. The van der Waals surface area contributed by atoms with E-state index in [9.17, 15) is 0 Å². The van der Waals surface area contributed by atoms with Gasteiger partial charge >= 0.3 is 0 Å². The van der Waals surface area contributed by atoms with Crippen molar-refractivity contribution in [2.45, 2.75) is 13.8 Å². The first-order valence-corrected chi connectivity index (χ1v) is 8.52. The van der Waals surface area contributed by atoms with Gasteiger partial charge in [-0.1, -0.05) is 6.07 Å². The first kappa shape index (κ1) is 16.2. The van der Waals surface area contributed by atoms with E-state index in [-0.39, 0.29) is 0 Å². The lowest BCUT2D eigenvalue weighted by atomic mass is 10.2. The van der Waals surface area contributed by atoms with Crippen LogP contribution in [0.1, 0.15) is 11.3 Å². The summed E-state index contributed by atoms with van der Waals surface area (Å²) in [6.07, 6.45) is 0. The zero-order chi connectivity index (χ0) is 16.4. The standard InChI is InChI=1S/C17H21BrN4O/c1-12-4-5-15(14(18)10-12)21(3)17-19-13(2)11-16(20-17)22-6-8-23-9-7-22/h4-5,10-11H,6-9H2,1-3H3. The average Bonchev–Trinajstić information content (AvgIpc) is 2.54. The Kier molecular flexibility index (Phi) is 4.82. The number of ether oxygens (including phenoxy) is 1. The third-order valence-electron chi connectivity index (χ3n) is 3.93. The fraction of sp³-hybridized carbons (Fsp3) is 0.412. The molecule has 2 aromatic rings. The zero-order valence-corrected chi connectivity index (χ0v) is 15.3. The Bertz CT molecular complexity index is 701. The van der Waals surface area contributed by atoms with Crippen LogP contribution in [0.3, 0.4) is 0 Å². The maximum Gasteiger partial charge on any atom is 0.231 e. The van der Waals surface area contributed by atoms with Crippen LogP contribution in [0.15, 0.2) is 28.7 Å². The largest absolute Gasteiger partial charge is 0.378 e. The van der Waals surface area contributed by atoms with Gasteiger partial charge in [-0.15, -0.1) is 0 Å². The lowest BCUT2D eigenvalue weighted by Gasteiger charge is -2.29. The smallest absolute Gasteiger partial charge is 0.231 e. The maximum atomic E-state index is 5.42. The summed E-state index contributed by atoms with van der Waals surface area (Å²) in [5, 5.41) is 0. The molecule has 1 aliphatic heterocycles. The molecule has 0 amide bonds. The quantitative estimate of drug-likeness (QED) is 0.820. The molecular weight excluding hydrogens is 356 g/mol. The van der Waals surface area contributed by atoms with Crippen molar-refractivity contribution in [3.05, 3.63) is 40.0 Å². The number of aromatic nitrogens is 2. The van der Waals surface area contributed by atoms with Gasteiger partial charge in [0, 0.05) is 36.4 Å². The van der Waals surface area contributed by atoms with Crippen LogP contribution in [-0.2, 0) is 4.74 Å². The number of hydrogen-bond acceptors (Lipinski definition) is 5. The van der Waals surface area contributed by atoms with E-state index in [1.54, 1.807) is 0 Å². The van der Waals surface area contributed by atoms with E-state index < -0.39 is 0 Å². The van der Waals surface area contributed by atoms with E-state index in [0.29, 0.717) is 5.95 Å². The second-order valence-electron chi connectivity index (χ2n) is 5.78. The van der Waals surface area contributed by atoms with Crippen molar-refractivity contribution in [1.82, 2.24) is 9.97 Å². The lowest BCUT2D eigenvalue weighted by Crippen LogP contribution is -2.37. The fourth-order valence-electron chi connectivity index (χ4n) is 2.63. The normalized spacial score (nSPS) is 14.9. The van der Waals surface area contributed by atoms with Gasteiger partial charge in [-0.2, -0.15) is 4.98 Å². The zero-order valence-electron chi connectivity index (χ0n) is 13.7. The predicted molar refractivity (Wildman–Crippen MR) is 96.7 cm³/mol. The fourth-order valence-corrected chi connectivity index (χ4v) is 3.39. The van der Waals surface area contributed by atoms with Crippen LogP contribution in [0.2, 0.25) is 0 Å². The molecule has 0 bridgehead atoms. The van der Waals surface area contributed by atoms with Gasteiger partial charge in [-0.05, 0) is 47.5 Å². The molecule has 1 aromatic carbocycles. The number of morpholine rings is 1. The van der Waals surface area contributed by atoms with Crippen LogP contribution in [0.25, 0.3) is 0 Å². The van der Waals surface area contributed by atoms with Crippen LogP contribution >= 0.6 is 15.9 Å². The Balaban J connectivity index is 1.93. The van der Waals surface area contributed by atoms with Gasteiger partial charge in [0.2, 0.25) is 5.95 Å². The Morgan fingerprint density at radius 1 is 1.13 bits per heavy atom. The highest BCUT2D eigenvalue weighted by molar-refractivity contribution is 9.10. The summed E-state index contributed by atoms with van der Waals surface area (Å²) >= 11 is 3.63. The van der Waals surface area contributed by atoms with Gasteiger partial charge in [-0.25, -0.2) is 4.98 Å². The molecule has 2 heterocycles. The summed E-state index contributed by atoms with van der Waals surface area (Å²) in [7, 11) is 1.99. The van der Waals surface area contributed by atoms with E-state index >= 15 is 0 Å². The van der Waals surface area contributed by atoms with E-state index in [2.05, 4.69) is 50.9 Å². The van der Waals surface area contributed by atoms with Gasteiger partial charge in [-0.3, -0.25) is 0 Å². The predicted octanol–water partition coefficient (Wildman–Crippen LogP) is 3.46. The van der Waals surface area contributed by atoms with E-state index in [1.165, 1.54) is 5.56 Å². The molecule has 0 aliphatic carbocycles. The first-order valence-electron chi connectivity index (χ1n) is 7.73. The summed E-state index contributed by atoms with van der Waals surface area (Å²) in [4.78, 5) is 13.6. The van der Waals surface area contributed by atoms with E-state index in [0.717, 1.165) is 48.0 Å². The topological polar surface area (TPSA) is 41.5 Å². The monoisotopic (exact) mass is 376 g/mol. The molecule has 3 rings (SSSR count). The molecule has 0 spiro atoms. The highest BCUT2D eigenvalue weighted by atomic mass is 79.9. The summed E-state index contributed by atoms with van der Waals surface area (Å²) in [6.45, 7) is 7.32. The van der Waals surface area contributed by atoms with E-state index in [4.69, 9.17) is 9.72 Å². The van der Waals surface area contributed by atoms with Gasteiger partial charge < -0.3 is 14.5 Å². The number of hydrogen-bond donors (Lipinski definition) is 0. The molecule has 1 aromatic heterocycles. The van der Waals surface area contributed by atoms with E-state index in [1.807, 2.05) is 24.9 Å². The van der Waals surface area contributed by atoms with Crippen LogP contribution < -0.4 is 9.80 Å². The number of rotatable bonds is 3. The minimum atomic E-state index is 0.705. The summed E-state index contributed by atoms with van der Waals surface area (Å²) in [6, 6.07) is 8.31. The molecule has 6 heteroatoms. The van der Waals surface area contributed by atoms with Crippen molar-refractivity contribution >= 4 is 33.4 Å². The lowest BCUT2D eigenvalue weighted by molar-refractivity contribution is 0.122. The molecule has 122 valence electrons. The summed E-state index contributed by atoms with van der Waals surface area (Å²) < 4.78 is 6.46. The van der Waals surface area contributed by atoms with Crippen molar-refractivity contribution in [2.75, 3.05) is 43.2 Å². The van der Waals surface area contributed by atoms with Gasteiger partial charge in [0.25, 0.3) is 0 Å². The minimum absolute atomic E-state index is 0.705. The van der Waals surface area contributed by atoms with Gasteiger partial charge in [0.15, 0.2) is 0 Å². The minimum Gasteiger partial charge on any atom is -0.378 e. The first-order chi connectivity index (χ1) is 11.0. The Labute approximate surface area is 145 Å². The molecule has 1 fully saturated rings. The Morgan fingerprint density at radius 3 is 2.57 bits per heavy atom. The Hall–Kier alpha value is -1.66. The number of aryl methyl sites for hydroxylation is 2. The average molecular weight is 377 g/mol. The number of anilines is 3. The SMILES string of the molecule is Cc1ccc(N(C)c2nc(C)cc(N3CCOCC3)n2)c(Br)c1. The third kappa shape index (κ3) is 3.64. The van der Waals surface area contributed by atoms with Crippen LogP contribution in [0.5, 0.6) is 0 Å². The van der Waals surface area contributed by atoms with Crippen molar-refractivity contribution < 1.29 is 4.74 Å². The van der Waals surface area contributed by atoms with Crippen molar-refractivity contribution in [3.63, 3.8) is 0 Å². The highest BCUT2D eigenvalue weighted by Crippen LogP contribution is 2.31. The van der Waals surface area contributed by atoms with Crippen molar-refractivity contribution in [3.8, 4) is 0 Å². The molecule has 1 saturated heterocycles. The third-order valence-corrected chi connectivity index (χ3v) is 4.56. The molecule has 0 N–H and O–H groups in total. The molecule has 5 nitrogen and oxygen atoms in total. The molecule has 23 heavy (non-hydrogen) atoms. The van der Waals surface area contributed by atoms with Crippen molar-refractivity contribution in [2.24, 2.45) is 0 Å². The summed E-state index contributed by atoms with van der Waals surface area (Å²) in [5.74, 6) is 1.67. The van der Waals surface area contributed by atoms with Gasteiger partial charge in [0.1, 0.15) is 5.82 Å². The molecular formula is C17H21BrN4O. The maximum absolute atomic E-state index is 5.42. The van der Waals surface area contributed by atoms with Crippen LogP contribution in [-0.4, -0.2) is 43.3 Å². The summed E-state index contributed by atoms with van der Waals surface area (Å²) in [5.41, 5.74) is 3.23. The molecule has 1 aliphatic rings. The van der Waals surface area contributed by atoms with Gasteiger partial charge in [0.05, 0.1) is 18.9 Å². The molecule has 0 radical (unpaired) electrons. The second-order valence-corrected chi connectivity index (χ2v) is 6.64. The van der Waals surface area contributed by atoms with Crippen LogP contribution in [0.4, 0.5) is 17.5 Å². The number of halogens is 1. The van der Waals surface area contributed by atoms with Crippen molar-refractivity contribution in [1.29, 1.82) is 0 Å². The Morgan fingerprint density at radius 2 is 1.87 bits per heavy atom. The molecule has 0 saturated carbocycles. The van der Waals surface area contributed by atoms with Crippen LogP contribution in [0, 0.1) is 13.8 Å². The highest BCUT2D eigenvalue weighted by Gasteiger charge is 2.17. The second kappa shape index (κ2) is 6.84. The molecule has 0 unspecified atom stereocenters.